The molecule has 3 rings (SSSR count). The monoisotopic (exact) mass is 257 g/mol. The summed E-state index contributed by atoms with van der Waals surface area (Å²) >= 11 is 0. The summed E-state index contributed by atoms with van der Waals surface area (Å²) in [5.74, 6) is 0.469. The lowest BCUT2D eigenvalue weighted by molar-refractivity contribution is 0.0881. The van der Waals surface area contributed by atoms with Crippen LogP contribution >= 0.6 is 0 Å². The number of H-pyrrole nitrogens is 1. The maximum absolute atomic E-state index is 12.5. The van der Waals surface area contributed by atoms with E-state index in [1.54, 1.807) is 6.33 Å². The Kier molecular flexibility index (Phi) is 3.34. The van der Waals surface area contributed by atoms with Gasteiger partial charge in [0.1, 0.15) is 0 Å². The summed E-state index contributed by atoms with van der Waals surface area (Å²) in [5, 5.41) is 3.30. The molecular weight excluding hydrogens is 238 g/mol. The maximum atomic E-state index is 12.5. The van der Waals surface area contributed by atoms with Gasteiger partial charge in [-0.15, -0.1) is 0 Å². The van der Waals surface area contributed by atoms with Gasteiger partial charge in [0.25, 0.3) is 0 Å². The average Bonchev–Trinajstić information content (AvgIpc) is 2.94. The Labute approximate surface area is 112 Å². The van der Waals surface area contributed by atoms with Crippen molar-refractivity contribution in [3.05, 3.63) is 30.1 Å². The third-order valence-electron chi connectivity index (χ3n) is 4.21. The van der Waals surface area contributed by atoms with Crippen molar-refractivity contribution in [2.24, 2.45) is 5.92 Å². The third-order valence-corrected chi connectivity index (χ3v) is 4.21. The summed E-state index contributed by atoms with van der Waals surface area (Å²) in [4.78, 5) is 19.7. The van der Waals surface area contributed by atoms with Crippen molar-refractivity contribution >= 4 is 16.8 Å². The van der Waals surface area contributed by atoms with Gasteiger partial charge in [-0.1, -0.05) is 0 Å². The van der Waals surface area contributed by atoms with Gasteiger partial charge in [0.2, 0.25) is 0 Å². The highest BCUT2D eigenvalue weighted by molar-refractivity contribution is 6.00. The first-order valence-corrected chi connectivity index (χ1v) is 6.92. The van der Waals surface area contributed by atoms with Crippen molar-refractivity contribution in [3.8, 4) is 0 Å². The number of imidazole rings is 1. The standard InChI is InChI=1S/C15H19N3O/c1-16-12-5-2-10(3-6-12)15(19)11-4-7-13-14(8-11)18-9-17-13/h4,7-10,12,16H,2-3,5-6H2,1H3,(H,17,18). The molecule has 2 aromatic rings. The second-order valence-corrected chi connectivity index (χ2v) is 5.34. The highest BCUT2D eigenvalue weighted by atomic mass is 16.1. The fourth-order valence-electron chi connectivity index (χ4n) is 2.97. The van der Waals surface area contributed by atoms with Gasteiger partial charge in [-0.2, -0.15) is 0 Å². The Morgan fingerprint density at radius 1 is 1.32 bits per heavy atom. The average molecular weight is 257 g/mol. The van der Waals surface area contributed by atoms with Gasteiger partial charge in [0, 0.05) is 17.5 Å². The van der Waals surface area contributed by atoms with Crippen molar-refractivity contribution < 1.29 is 4.79 Å². The summed E-state index contributed by atoms with van der Waals surface area (Å²) in [7, 11) is 2.00. The molecule has 0 unspecified atom stereocenters. The minimum Gasteiger partial charge on any atom is -0.345 e. The molecule has 1 aromatic carbocycles. The van der Waals surface area contributed by atoms with E-state index in [4.69, 9.17) is 0 Å². The van der Waals surface area contributed by atoms with Crippen LogP contribution in [0.1, 0.15) is 36.0 Å². The predicted molar refractivity (Wildman–Crippen MR) is 75.2 cm³/mol. The molecule has 0 bridgehead atoms. The lowest BCUT2D eigenvalue weighted by Gasteiger charge is -2.27. The SMILES string of the molecule is CNC1CCC(C(=O)c2ccc3nc[nH]c3c2)CC1. The highest BCUT2D eigenvalue weighted by Crippen LogP contribution is 2.27. The normalized spacial score (nSPS) is 23.6. The molecule has 4 nitrogen and oxygen atoms in total. The molecule has 0 amide bonds. The topological polar surface area (TPSA) is 57.8 Å². The highest BCUT2D eigenvalue weighted by Gasteiger charge is 2.26. The Balaban J connectivity index is 1.76. The van der Waals surface area contributed by atoms with Crippen molar-refractivity contribution in [1.82, 2.24) is 15.3 Å². The van der Waals surface area contributed by atoms with E-state index in [2.05, 4.69) is 15.3 Å². The van der Waals surface area contributed by atoms with E-state index in [0.717, 1.165) is 42.3 Å². The number of aromatic amines is 1. The summed E-state index contributed by atoms with van der Waals surface area (Å²) in [6.45, 7) is 0. The van der Waals surface area contributed by atoms with Crippen molar-refractivity contribution in [2.75, 3.05) is 7.05 Å². The Bertz CT molecular complexity index is 582. The minimum absolute atomic E-state index is 0.185. The molecule has 1 aliphatic rings. The fraction of sp³-hybridized carbons (Fsp3) is 0.467. The van der Waals surface area contributed by atoms with Crippen LogP contribution < -0.4 is 5.32 Å². The van der Waals surface area contributed by atoms with Crippen LogP contribution in [0.5, 0.6) is 0 Å². The van der Waals surface area contributed by atoms with Crippen LogP contribution in [0, 0.1) is 5.92 Å². The lowest BCUT2D eigenvalue weighted by atomic mass is 9.81. The summed E-state index contributed by atoms with van der Waals surface area (Å²) < 4.78 is 0. The first kappa shape index (κ1) is 12.4. The molecule has 4 heteroatoms. The number of nitrogens with one attached hydrogen (secondary N) is 2. The largest absolute Gasteiger partial charge is 0.345 e. The number of rotatable bonds is 3. The summed E-state index contributed by atoms with van der Waals surface area (Å²) in [6, 6.07) is 6.32. The van der Waals surface area contributed by atoms with E-state index in [9.17, 15) is 4.79 Å². The first-order chi connectivity index (χ1) is 9.28. The van der Waals surface area contributed by atoms with Crippen LogP contribution in [0.4, 0.5) is 0 Å². The van der Waals surface area contributed by atoms with E-state index >= 15 is 0 Å². The zero-order valence-corrected chi connectivity index (χ0v) is 11.1. The molecule has 19 heavy (non-hydrogen) atoms. The number of aromatic nitrogens is 2. The molecule has 2 N–H and O–H groups in total. The van der Waals surface area contributed by atoms with Gasteiger partial charge >= 0.3 is 0 Å². The number of carbonyl (C=O) groups excluding carboxylic acids is 1. The predicted octanol–water partition coefficient (Wildman–Crippen LogP) is 2.52. The van der Waals surface area contributed by atoms with E-state index in [1.807, 2.05) is 25.2 Å². The first-order valence-electron chi connectivity index (χ1n) is 6.92. The molecule has 0 saturated heterocycles. The molecule has 1 aliphatic carbocycles. The Morgan fingerprint density at radius 3 is 2.84 bits per heavy atom. The van der Waals surface area contributed by atoms with Gasteiger partial charge < -0.3 is 10.3 Å². The molecule has 1 fully saturated rings. The zero-order chi connectivity index (χ0) is 13.2. The molecule has 100 valence electrons. The van der Waals surface area contributed by atoms with Crippen LogP contribution in [0.2, 0.25) is 0 Å². The van der Waals surface area contributed by atoms with Crippen molar-refractivity contribution in [1.29, 1.82) is 0 Å². The molecule has 1 aromatic heterocycles. The van der Waals surface area contributed by atoms with E-state index in [-0.39, 0.29) is 11.7 Å². The van der Waals surface area contributed by atoms with Gasteiger partial charge in [0.15, 0.2) is 5.78 Å². The van der Waals surface area contributed by atoms with E-state index < -0.39 is 0 Å². The number of Topliss-reactive ketones (excluding diaryl/α,β-unsaturated/α-hetero) is 1. The number of fused-ring (bicyclic) bond motifs is 1. The third kappa shape index (κ3) is 2.40. The quantitative estimate of drug-likeness (QED) is 0.831. The summed E-state index contributed by atoms with van der Waals surface area (Å²) in [5.41, 5.74) is 2.66. The Hall–Kier alpha value is -1.68. The molecule has 1 saturated carbocycles. The number of nitrogens with zero attached hydrogens (tertiary/aromatic N) is 1. The van der Waals surface area contributed by atoms with Gasteiger partial charge in [0.05, 0.1) is 17.4 Å². The van der Waals surface area contributed by atoms with Crippen LogP contribution in [0.3, 0.4) is 0 Å². The number of hydrogen-bond acceptors (Lipinski definition) is 3. The molecule has 0 aliphatic heterocycles. The number of hydrogen-bond donors (Lipinski definition) is 2. The number of ketones is 1. The second kappa shape index (κ2) is 5.13. The van der Waals surface area contributed by atoms with E-state index in [1.165, 1.54) is 0 Å². The Morgan fingerprint density at radius 2 is 2.11 bits per heavy atom. The molecule has 0 atom stereocenters. The second-order valence-electron chi connectivity index (χ2n) is 5.34. The molecule has 0 spiro atoms. The fourth-order valence-corrected chi connectivity index (χ4v) is 2.97. The number of carbonyl (C=O) groups is 1. The smallest absolute Gasteiger partial charge is 0.166 e. The van der Waals surface area contributed by atoms with Gasteiger partial charge in [-0.3, -0.25) is 4.79 Å². The molecular formula is C15H19N3O. The van der Waals surface area contributed by atoms with Crippen molar-refractivity contribution in [2.45, 2.75) is 31.7 Å². The van der Waals surface area contributed by atoms with E-state index in [0.29, 0.717) is 6.04 Å². The van der Waals surface area contributed by atoms with Crippen LogP contribution in [-0.2, 0) is 0 Å². The van der Waals surface area contributed by atoms with Gasteiger partial charge in [-0.05, 0) is 50.9 Å². The number of benzene rings is 1. The maximum Gasteiger partial charge on any atom is 0.166 e. The minimum atomic E-state index is 0.185. The van der Waals surface area contributed by atoms with Crippen LogP contribution in [0.15, 0.2) is 24.5 Å². The molecule has 1 heterocycles. The molecule has 0 radical (unpaired) electrons. The zero-order valence-electron chi connectivity index (χ0n) is 11.1. The van der Waals surface area contributed by atoms with Crippen molar-refractivity contribution in [3.63, 3.8) is 0 Å². The van der Waals surface area contributed by atoms with Crippen LogP contribution in [-0.4, -0.2) is 28.8 Å². The lowest BCUT2D eigenvalue weighted by Crippen LogP contribution is -2.32. The van der Waals surface area contributed by atoms with Gasteiger partial charge in [-0.25, -0.2) is 4.98 Å². The van der Waals surface area contributed by atoms with Crippen LogP contribution in [0.25, 0.3) is 11.0 Å². The summed E-state index contributed by atoms with van der Waals surface area (Å²) in [6.07, 6.45) is 5.84.